The highest BCUT2D eigenvalue weighted by Gasteiger charge is 2.16. The van der Waals surface area contributed by atoms with Crippen molar-refractivity contribution < 1.29 is 0 Å². The molecule has 0 spiro atoms. The zero-order valence-electron chi connectivity index (χ0n) is 8.48. The van der Waals surface area contributed by atoms with Crippen molar-refractivity contribution in [3.8, 4) is 0 Å². The first kappa shape index (κ1) is 10.1. The second kappa shape index (κ2) is 4.28. The highest BCUT2D eigenvalue weighted by molar-refractivity contribution is 5.19. The summed E-state index contributed by atoms with van der Waals surface area (Å²) in [4.78, 5) is 13.3. The molecule has 0 bridgehead atoms. The molecule has 13 heavy (non-hydrogen) atoms. The van der Waals surface area contributed by atoms with Gasteiger partial charge in [-0.15, -0.1) is 0 Å². The van der Waals surface area contributed by atoms with Crippen LogP contribution in [0.4, 0.5) is 0 Å². The van der Waals surface area contributed by atoms with Gasteiger partial charge in [0.2, 0.25) is 0 Å². The fourth-order valence-electron chi connectivity index (χ4n) is 1.47. The predicted octanol–water partition coefficient (Wildman–Crippen LogP) is 0.717. The van der Waals surface area contributed by atoms with Crippen LogP contribution in [0.5, 0.6) is 0 Å². The fourth-order valence-corrected chi connectivity index (χ4v) is 1.47. The molecule has 1 aromatic rings. The van der Waals surface area contributed by atoms with Crippen LogP contribution in [0.2, 0.25) is 0 Å². The van der Waals surface area contributed by atoms with E-state index in [0.29, 0.717) is 0 Å². The Morgan fingerprint density at radius 1 is 1.31 bits per heavy atom. The molecule has 2 rings (SSSR count). The van der Waals surface area contributed by atoms with E-state index in [-0.39, 0.29) is 5.56 Å². The number of nitrogens with one attached hydrogen (secondary N) is 2. The summed E-state index contributed by atoms with van der Waals surface area (Å²) in [5.74, 6) is 0. The van der Waals surface area contributed by atoms with Crippen LogP contribution < -0.4 is 5.56 Å². The van der Waals surface area contributed by atoms with Crippen molar-refractivity contribution in [1.82, 2.24) is 15.1 Å². The van der Waals surface area contributed by atoms with E-state index in [1.807, 2.05) is 20.9 Å². The number of likely N-dealkylation sites (N-methyl/N-ethyl adjacent to an activating group) is 1. The van der Waals surface area contributed by atoms with Gasteiger partial charge >= 0.3 is 0 Å². The summed E-state index contributed by atoms with van der Waals surface area (Å²) in [6, 6.07) is 0. The van der Waals surface area contributed by atoms with Crippen LogP contribution in [-0.2, 0) is 13.0 Å². The minimum Gasteiger partial charge on any atom is -0.301 e. The second-order valence-electron chi connectivity index (χ2n) is 3.02. The normalized spacial score (nSPS) is 15.9. The van der Waals surface area contributed by atoms with Gasteiger partial charge in [0.15, 0.2) is 0 Å². The van der Waals surface area contributed by atoms with E-state index in [0.717, 1.165) is 30.8 Å². The van der Waals surface area contributed by atoms with Crippen LogP contribution in [-0.4, -0.2) is 28.7 Å². The highest BCUT2D eigenvalue weighted by atomic mass is 16.1. The van der Waals surface area contributed by atoms with Crippen LogP contribution in [0.15, 0.2) is 4.79 Å². The van der Waals surface area contributed by atoms with E-state index in [4.69, 9.17) is 0 Å². The Balaban J connectivity index is 0.000000396. The Morgan fingerprint density at radius 3 is 2.69 bits per heavy atom. The van der Waals surface area contributed by atoms with E-state index in [1.54, 1.807) is 0 Å². The lowest BCUT2D eigenvalue weighted by atomic mass is 10.1. The number of rotatable bonds is 0. The van der Waals surface area contributed by atoms with Crippen LogP contribution in [0.3, 0.4) is 0 Å². The fraction of sp³-hybridized carbons (Fsp3) is 0.667. The average Bonchev–Trinajstić information content (AvgIpc) is 2.51. The van der Waals surface area contributed by atoms with Gasteiger partial charge in [0.05, 0.1) is 5.69 Å². The number of aromatic nitrogens is 2. The maximum atomic E-state index is 11.1. The number of H-pyrrole nitrogens is 2. The molecule has 0 aromatic carbocycles. The van der Waals surface area contributed by atoms with Crippen molar-refractivity contribution in [2.75, 3.05) is 13.6 Å². The lowest BCUT2D eigenvalue weighted by molar-refractivity contribution is 0.308. The van der Waals surface area contributed by atoms with Crippen molar-refractivity contribution in [1.29, 1.82) is 0 Å². The first-order valence-corrected chi connectivity index (χ1v) is 4.74. The zero-order chi connectivity index (χ0) is 9.84. The Bertz CT molecular complexity index is 313. The van der Waals surface area contributed by atoms with Gasteiger partial charge < -0.3 is 10.00 Å². The molecule has 4 heteroatoms. The van der Waals surface area contributed by atoms with Gasteiger partial charge in [-0.3, -0.25) is 9.89 Å². The van der Waals surface area contributed by atoms with Gasteiger partial charge in [0.25, 0.3) is 5.56 Å². The quantitative estimate of drug-likeness (QED) is 0.622. The van der Waals surface area contributed by atoms with E-state index >= 15 is 0 Å². The summed E-state index contributed by atoms with van der Waals surface area (Å²) in [6.45, 7) is 5.84. The highest BCUT2D eigenvalue weighted by Crippen LogP contribution is 2.10. The van der Waals surface area contributed by atoms with Crippen molar-refractivity contribution in [3.63, 3.8) is 0 Å². The van der Waals surface area contributed by atoms with Gasteiger partial charge in [0, 0.05) is 18.7 Å². The summed E-state index contributed by atoms with van der Waals surface area (Å²) in [5, 5.41) is 5.47. The van der Waals surface area contributed by atoms with Crippen LogP contribution in [0.1, 0.15) is 25.1 Å². The molecule has 1 aliphatic rings. The predicted molar refractivity (Wildman–Crippen MR) is 52.8 cm³/mol. The second-order valence-corrected chi connectivity index (χ2v) is 3.02. The van der Waals surface area contributed by atoms with Crippen LogP contribution in [0, 0.1) is 0 Å². The number of aromatic amines is 2. The molecule has 74 valence electrons. The lowest BCUT2D eigenvalue weighted by Gasteiger charge is -2.20. The van der Waals surface area contributed by atoms with Gasteiger partial charge in [-0.05, 0) is 13.5 Å². The third kappa shape index (κ3) is 2.01. The van der Waals surface area contributed by atoms with E-state index in [9.17, 15) is 4.79 Å². The third-order valence-electron chi connectivity index (χ3n) is 2.14. The lowest BCUT2D eigenvalue weighted by Crippen LogP contribution is -2.28. The molecule has 0 unspecified atom stereocenters. The van der Waals surface area contributed by atoms with Crippen molar-refractivity contribution in [2.24, 2.45) is 0 Å². The monoisotopic (exact) mass is 183 g/mol. The van der Waals surface area contributed by atoms with Gasteiger partial charge in [-0.25, -0.2) is 0 Å². The zero-order valence-corrected chi connectivity index (χ0v) is 8.48. The van der Waals surface area contributed by atoms with Gasteiger partial charge in [-0.1, -0.05) is 13.8 Å². The minimum atomic E-state index is 0.0492. The molecule has 1 aromatic heterocycles. The molecule has 0 fully saturated rings. The first-order valence-electron chi connectivity index (χ1n) is 4.74. The molecule has 2 N–H and O–H groups in total. The molecule has 0 saturated carbocycles. The molecular weight excluding hydrogens is 166 g/mol. The number of nitrogens with zero attached hydrogens (tertiary/aromatic N) is 1. The van der Waals surface area contributed by atoms with Gasteiger partial charge in [-0.2, -0.15) is 0 Å². The van der Waals surface area contributed by atoms with Crippen molar-refractivity contribution >= 4 is 0 Å². The summed E-state index contributed by atoms with van der Waals surface area (Å²) in [7, 11) is 2.05. The van der Waals surface area contributed by atoms with Crippen LogP contribution in [0.25, 0.3) is 0 Å². The van der Waals surface area contributed by atoms with Crippen LogP contribution >= 0.6 is 0 Å². The Hall–Kier alpha value is -1.03. The SMILES string of the molecule is CC.CN1CCc2c([nH][nH]c2=O)C1. The Kier molecular flexibility index (Phi) is 3.31. The first-order chi connectivity index (χ1) is 6.27. The van der Waals surface area contributed by atoms with Gasteiger partial charge in [0.1, 0.15) is 0 Å². The minimum absolute atomic E-state index is 0.0492. The third-order valence-corrected chi connectivity index (χ3v) is 2.14. The number of hydrogen-bond donors (Lipinski definition) is 2. The topological polar surface area (TPSA) is 51.9 Å². The smallest absolute Gasteiger partial charge is 0.267 e. The van der Waals surface area contributed by atoms with Crippen molar-refractivity contribution in [2.45, 2.75) is 26.8 Å². The maximum absolute atomic E-state index is 11.1. The van der Waals surface area contributed by atoms with E-state index < -0.39 is 0 Å². The van der Waals surface area contributed by atoms with E-state index in [2.05, 4.69) is 15.1 Å². The summed E-state index contributed by atoms with van der Waals surface area (Å²) >= 11 is 0. The summed E-state index contributed by atoms with van der Waals surface area (Å²) in [5.41, 5.74) is 2.03. The molecule has 2 heterocycles. The summed E-state index contributed by atoms with van der Waals surface area (Å²) < 4.78 is 0. The number of hydrogen-bond acceptors (Lipinski definition) is 2. The Morgan fingerprint density at radius 2 is 2.00 bits per heavy atom. The largest absolute Gasteiger partial charge is 0.301 e. The Labute approximate surface area is 77.9 Å². The maximum Gasteiger partial charge on any atom is 0.267 e. The molecule has 0 atom stereocenters. The summed E-state index contributed by atoms with van der Waals surface area (Å²) in [6.07, 6.45) is 0.866. The number of fused-ring (bicyclic) bond motifs is 1. The standard InChI is InChI=1S/C7H11N3O.C2H6/c1-10-3-2-5-6(4-10)8-9-7(5)11;1-2/h2-4H2,1H3,(H2,8,9,11);1-2H3. The molecule has 1 aliphatic heterocycles. The molecular formula is C9H17N3O. The molecule has 0 radical (unpaired) electrons. The average molecular weight is 183 g/mol. The molecule has 4 nitrogen and oxygen atoms in total. The van der Waals surface area contributed by atoms with E-state index in [1.165, 1.54) is 0 Å². The molecule has 0 saturated heterocycles. The molecule has 0 amide bonds. The molecule has 0 aliphatic carbocycles. The van der Waals surface area contributed by atoms with Crippen molar-refractivity contribution in [3.05, 3.63) is 21.6 Å².